The molecule has 1 aromatic carbocycles. The molecule has 1 heterocycles. The summed E-state index contributed by atoms with van der Waals surface area (Å²) in [4.78, 5) is 22.0. The fourth-order valence-electron chi connectivity index (χ4n) is 1.84. The minimum atomic E-state index is -0.769. The molecule has 2 rings (SSSR count). The Hall–Kier alpha value is -2.45. The van der Waals surface area contributed by atoms with E-state index in [0.29, 0.717) is 11.3 Å². The Morgan fingerprint density at radius 2 is 2.23 bits per heavy atom. The predicted molar refractivity (Wildman–Crippen MR) is 84.1 cm³/mol. The average Bonchev–Trinajstić information content (AvgIpc) is 3.01. The molecule has 0 radical (unpaired) electrons. The van der Waals surface area contributed by atoms with Crippen molar-refractivity contribution >= 4 is 28.7 Å². The summed E-state index contributed by atoms with van der Waals surface area (Å²) in [5.41, 5.74) is 1.78. The zero-order valence-corrected chi connectivity index (χ0v) is 12.6. The quantitative estimate of drug-likeness (QED) is 0.581. The van der Waals surface area contributed by atoms with Gasteiger partial charge in [-0.25, -0.2) is 4.79 Å². The molecule has 0 bridgehead atoms. The number of benzene rings is 1. The van der Waals surface area contributed by atoms with E-state index in [1.54, 1.807) is 13.0 Å². The molecule has 0 saturated carbocycles. The lowest BCUT2D eigenvalue weighted by atomic mass is 10.2. The summed E-state index contributed by atoms with van der Waals surface area (Å²) in [6, 6.07) is 5.49. The number of nitrogens with zero attached hydrogens (tertiary/aromatic N) is 1. The molecule has 3 N–H and O–H groups in total. The van der Waals surface area contributed by atoms with Crippen LogP contribution in [-0.4, -0.2) is 22.6 Å². The van der Waals surface area contributed by atoms with E-state index in [1.165, 1.54) is 29.5 Å². The van der Waals surface area contributed by atoms with E-state index < -0.39 is 17.1 Å². The number of aliphatic hydroxyl groups is 1. The number of carbonyl (C=O) groups is 1. The van der Waals surface area contributed by atoms with Crippen LogP contribution in [0.15, 0.2) is 35.0 Å². The van der Waals surface area contributed by atoms with Crippen LogP contribution in [0.1, 0.15) is 17.2 Å². The van der Waals surface area contributed by atoms with Crippen molar-refractivity contribution in [3.8, 4) is 0 Å². The largest absolute Gasteiger partial charge is 0.387 e. The zero-order chi connectivity index (χ0) is 16.1. The van der Waals surface area contributed by atoms with Gasteiger partial charge in [0, 0.05) is 24.4 Å². The first-order chi connectivity index (χ1) is 10.5. The number of nitro benzene ring substituents is 1. The number of carbonyl (C=O) groups excluding carboxylic acids is 1. The van der Waals surface area contributed by atoms with Crippen LogP contribution < -0.4 is 10.6 Å². The van der Waals surface area contributed by atoms with Gasteiger partial charge in [-0.05, 0) is 40.9 Å². The number of aliphatic hydroxyl groups excluding tert-OH is 1. The fraction of sp³-hybridized carbons (Fsp3) is 0.214. The SMILES string of the molecule is Cc1cc([N+](=O)[O-])ccc1NC(=O)NC[C@H](O)c1ccsc1. The third kappa shape index (κ3) is 4.03. The van der Waals surface area contributed by atoms with Gasteiger partial charge in [-0.2, -0.15) is 11.3 Å². The number of aryl methyl sites for hydroxylation is 1. The Balaban J connectivity index is 1.91. The predicted octanol–water partition coefficient (Wildman–Crippen LogP) is 2.82. The van der Waals surface area contributed by atoms with Crippen molar-refractivity contribution in [2.24, 2.45) is 0 Å². The Bertz CT molecular complexity index is 673. The Labute approximate surface area is 130 Å². The van der Waals surface area contributed by atoms with Crippen molar-refractivity contribution in [2.75, 3.05) is 11.9 Å². The molecule has 0 unspecified atom stereocenters. The summed E-state index contributed by atoms with van der Waals surface area (Å²) in [6.45, 7) is 1.75. The van der Waals surface area contributed by atoms with Gasteiger partial charge >= 0.3 is 6.03 Å². The minimum absolute atomic E-state index is 0.0312. The van der Waals surface area contributed by atoms with Crippen molar-refractivity contribution in [3.63, 3.8) is 0 Å². The first kappa shape index (κ1) is 15.9. The van der Waals surface area contributed by atoms with Gasteiger partial charge in [-0.1, -0.05) is 0 Å². The van der Waals surface area contributed by atoms with E-state index >= 15 is 0 Å². The number of nitro groups is 1. The molecule has 1 aromatic heterocycles. The molecule has 0 spiro atoms. The number of anilines is 1. The second-order valence-corrected chi connectivity index (χ2v) is 5.44. The first-order valence-corrected chi connectivity index (χ1v) is 7.41. The zero-order valence-electron chi connectivity index (χ0n) is 11.8. The molecule has 22 heavy (non-hydrogen) atoms. The molecule has 7 nitrogen and oxygen atoms in total. The Kier molecular flexibility index (Phi) is 5.08. The molecule has 0 fully saturated rings. The van der Waals surface area contributed by atoms with Gasteiger partial charge in [0.25, 0.3) is 5.69 Å². The standard InChI is InChI=1S/C14H15N3O4S/c1-9-6-11(17(20)21)2-3-12(9)16-14(19)15-7-13(18)10-4-5-22-8-10/h2-6,8,13,18H,7H2,1H3,(H2,15,16,19)/t13-/m0/s1. The molecular weight excluding hydrogens is 306 g/mol. The van der Waals surface area contributed by atoms with E-state index in [2.05, 4.69) is 10.6 Å². The summed E-state index contributed by atoms with van der Waals surface area (Å²) < 4.78 is 0. The molecular formula is C14H15N3O4S. The molecule has 0 aliphatic rings. The molecule has 2 aromatic rings. The summed E-state index contributed by atoms with van der Waals surface area (Å²) in [5, 5.41) is 29.3. The highest BCUT2D eigenvalue weighted by molar-refractivity contribution is 7.07. The van der Waals surface area contributed by atoms with Crippen molar-refractivity contribution < 1.29 is 14.8 Å². The molecule has 1 atom stereocenters. The molecule has 2 amide bonds. The number of hydrogen-bond donors (Lipinski definition) is 3. The normalized spacial score (nSPS) is 11.7. The summed E-state index contributed by atoms with van der Waals surface area (Å²) in [7, 11) is 0. The monoisotopic (exact) mass is 321 g/mol. The van der Waals surface area contributed by atoms with Crippen LogP contribution in [0, 0.1) is 17.0 Å². The van der Waals surface area contributed by atoms with Gasteiger partial charge in [-0.15, -0.1) is 0 Å². The number of hydrogen-bond acceptors (Lipinski definition) is 5. The van der Waals surface area contributed by atoms with Crippen LogP contribution in [0.5, 0.6) is 0 Å². The molecule has 0 aliphatic heterocycles. The van der Waals surface area contributed by atoms with Crippen LogP contribution in [0.2, 0.25) is 0 Å². The van der Waals surface area contributed by atoms with Crippen LogP contribution in [-0.2, 0) is 0 Å². The van der Waals surface area contributed by atoms with E-state index in [1.807, 2.05) is 10.8 Å². The lowest BCUT2D eigenvalue weighted by molar-refractivity contribution is -0.384. The summed E-state index contributed by atoms with van der Waals surface area (Å²) in [6.07, 6.45) is -0.769. The van der Waals surface area contributed by atoms with Crippen LogP contribution in [0.3, 0.4) is 0 Å². The number of rotatable bonds is 5. The lowest BCUT2D eigenvalue weighted by Gasteiger charge is -2.12. The number of thiophene rings is 1. The lowest BCUT2D eigenvalue weighted by Crippen LogP contribution is -2.32. The van der Waals surface area contributed by atoms with Crippen molar-refractivity contribution in [1.82, 2.24) is 5.32 Å². The van der Waals surface area contributed by atoms with Gasteiger partial charge in [0.05, 0.1) is 11.0 Å². The van der Waals surface area contributed by atoms with Crippen molar-refractivity contribution in [1.29, 1.82) is 0 Å². The fourth-order valence-corrected chi connectivity index (χ4v) is 2.55. The maximum Gasteiger partial charge on any atom is 0.319 e. The van der Waals surface area contributed by atoms with E-state index in [9.17, 15) is 20.0 Å². The summed E-state index contributed by atoms with van der Waals surface area (Å²) in [5.74, 6) is 0. The molecule has 116 valence electrons. The highest BCUT2D eigenvalue weighted by atomic mass is 32.1. The maximum absolute atomic E-state index is 11.8. The number of amides is 2. The topological polar surface area (TPSA) is 105 Å². The number of urea groups is 1. The third-order valence-electron chi connectivity index (χ3n) is 3.05. The van der Waals surface area contributed by atoms with Gasteiger partial charge in [0.15, 0.2) is 0 Å². The van der Waals surface area contributed by atoms with Crippen LogP contribution >= 0.6 is 11.3 Å². The highest BCUT2D eigenvalue weighted by Gasteiger charge is 2.12. The number of non-ortho nitro benzene ring substituents is 1. The van der Waals surface area contributed by atoms with Gasteiger partial charge in [0.1, 0.15) is 0 Å². The van der Waals surface area contributed by atoms with Crippen molar-refractivity contribution in [2.45, 2.75) is 13.0 Å². The smallest absolute Gasteiger partial charge is 0.319 e. The van der Waals surface area contributed by atoms with Gasteiger partial charge in [0.2, 0.25) is 0 Å². The molecule has 8 heteroatoms. The van der Waals surface area contributed by atoms with Gasteiger partial charge in [-0.3, -0.25) is 10.1 Å². The first-order valence-electron chi connectivity index (χ1n) is 6.47. The molecule has 0 saturated heterocycles. The highest BCUT2D eigenvalue weighted by Crippen LogP contribution is 2.21. The van der Waals surface area contributed by atoms with Crippen molar-refractivity contribution in [3.05, 3.63) is 56.3 Å². The Morgan fingerprint density at radius 1 is 1.45 bits per heavy atom. The number of nitrogens with one attached hydrogen (secondary N) is 2. The average molecular weight is 321 g/mol. The van der Waals surface area contributed by atoms with E-state index in [-0.39, 0.29) is 12.2 Å². The summed E-state index contributed by atoms with van der Waals surface area (Å²) >= 11 is 1.47. The maximum atomic E-state index is 11.8. The third-order valence-corrected chi connectivity index (χ3v) is 3.75. The van der Waals surface area contributed by atoms with Gasteiger partial charge < -0.3 is 15.7 Å². The Morgan fingerprint density at radius 3 is 2.82 bits per heavy atom. The van der Waals surface area contributed by atoms with E-state index in [4.69, 9.17) is 0 Å². The van der Waals surface area contributed by atoms with Crippen LogP contribution in [0.25, 0.3) is 0 Å². The minimum Gasteiger partial charge on any atom is -0.387 e. The second-order valence-electron chi connectivity index (χ2n) is 4.66. The molecule has 0 aliphatic carbocycles. The second kappa shape index (κ2) is 7.01. The van der Waals surface area contributed by atoms with E-state index in [0.717, 1.165) is 5.56 Å². The van der Waals surface area contributed by atoms with Crippen LogP contribution in [0.4, 0.5) is 16.2 Å².